The summed E-state index contributed by atoms with van der Waals surface area (Å²) in [5, 5.41) is 4.02. The summed E-state index contributed by atoms with van der Waals surface area (Å²) in [4.78, 5) is 14.7. The lowest BCUT2D eigenvalue weighted by Crippen LogP contribution is -2.44. The van der Waals surface area contributed by atoms with Crippen molar-refractivity contribution in [3.05, 3.63) is 34.9 Å². The number of halogens is 2. The SMILES string of the molecule is CC(C)(C(=O)N1CCCNCC1)c1ccc(Cl)cc1.Cl. The summed E-state index contributed by atoms with van der Waals surface area (Å²) in [6.07, 6.45) is 1.02. The van der Waals surface area contributed by atoms with E-state index in [-0.39, 0.29) is 18.3 Å². The summed E-state index contributed by atoms with van der Waals surface area (Å²) in [6.45, 7) is 7.46. The van der Waals surface area contributed by atoms with Gasteiger partial charge in [-0.25, -0.2) is 0 Å². The van der Waals surface area contributed by atoms with E-state index in [0.717, 1.165) is 38.2 Å². The Bertz CT molecular complexity index is 438. The van der Waals surface area contributed by atoms with Crippen molar-refractivity contribution in [3.63, 3.8) is 0 Å². The first-order chi connectivity index (χ1) is 9.01. The van der Waals surface area contributed by atoms with Gasteiger partial charge in [0, 0.05) is 24.7 Å². The molecule has 1 fully saturated rings. The van der Waals surface area contributed by atoms with E-state index in [0.29, 0.717) is 5.02 Å². The Morgan fingerprint density at radius 1 is 1.20 bits per heavy atom. The highest BCUT2D eigenvalue weighted by Crippen LogP contribution is 2.27. The molecule has 1 amide bonds. The van der Waals surface area contributed by atoms with Gasteiger partial charge in [0.05, 0.1) is 5.41 Å². The molecule has 0 aliphatic carbocycles. The molecule has 1 N–H and O–H groups in total. The quantitative estimate of drug-likeness (QED) is 0.910. The topological polar surface area (TPSA) is 32.3 Å². The first kappa shape index (κ1) is 17.3. The summed E-state index contributed by atoms with van der Waals surface area (Å²) in [5.41, 5.74) is 0.508. The third kappa shape index (κ3) is 3.87. The van der Waals surface area contributed by atoms with Crippen molar-refractivity contribution < 1.29 is 4.79 Å². The van der Waals surface area contributed by atoms with Crippen LogP contribution in [0, 0.1) is 0 Å². The van der Waals surface area contributed by atoms with Crippen molar-refractivity contribution >= 4 is 29.9 Å². The van der Waals surface area contributed by atoms with Crippen molar-refractivity contribution in [1.82, 2.24) is 10.2 Å². The fourth-order valence-corrected chi connectivity index (χ4v) is 2.56. The molecule has 0 unspecified atom stereocenters. The van der Waals surface area contributed by atoms with Gasteiger partial charge in [0.2, 0.25) is 5.91 Å². The Morgan fingerprint density at radius 2 is 1.85 bits per heavy atom. The maximum Gasteiger partial charge on any atom is 0.232 e. The number of hydrogen-bond donors (Lipinski definition) is 1. The smallest absolute Gasteiger partial charge is 0.232 e. The van der Waals surface area contributed by atoms with Crippen LogP contribution in [0.1, 0.15) is 25.8 Å². The second-order valence-electron chi connectivity index (χ2n) is 5.53. The normalized spacial score (nSPS) is 16.2. The lowest BCUT2D eigenvalue weighted by Gasteiger charge is -2.31. The van der Waals surface area contributed by atoms with Crippen molar-refractivity contribution in [2.75, 3.05) is 26.2 Å². The van der Waals surface area contributed by atoms with Crippen LogP contribution in [-0.2, 0) is 10.2 Å². The van der Waals surface area contributed by atoms with Crippen LogP contribution in [-0.4, -0.2) is 37.0 Å². The van der Waals surface area contributed by atoms with E-state index in [1.165, 1.54) is 0 Å². The van der Waals surface area contributed by atoms with Crippen LogP contribution in [0.3, 0.4) is 0 Å². The van der Waals surface area contributed by atoms with Crippen LogP contribution >= 0.6 is 24.0 Å². The third-order valence-electron chi connectivity index (χ3n) is 3.73. The number of carbonyl (C=O) groups is 1. The zero-order chi connectivity index (χ0) is 13.9. The van der Waals surface area contributed by atoms with Crippen molar-refractivity contribution in [2.45, 2.75) is 25.7 Å². The van der Waals surface area contributed by atoms with E-state index >= 15 is 0 Å². The Morgan fingerprint density at radius 3 is 2.50 bits per heavy atom. The highest BCUT2D eigenvalue weighted by atomic mass is 35.5. The highest BCUT2D eigenvalue weighted by molar-refractivity contribution is 6.30. The molecule has 5 heteroatoms. The third-order valence-corrected chi connectivity index (χ3v) is 3.98. The molecule has 1 aromatic rings. The predicted octanol–water partition coefficient (Wildman–Crippen LogP) is 2.86. The molecule has 112 valence electrons. The van der Waals surface area contributed by atoms with Gasteiger partial charge in [-0.1, -0.05) is 23.7 Å². The summed E-state index contributed by atoms with van der Waals surface area (Å²) in [5.74, 6) is 0.193. The Hall–Kier alpha value is -0.770. The van der Waals surface area contributed by atoms with Gasteiger partial charge in [0.25, 0.3) is 0 Å². The number of amides is 1. The zero-order valence-electron chi connectivity index (χ0n) is 12.0. The molecule has 0 aromatic heterocycles. The summed E-state index contributed by atoms with van der Waals surface area (Å²) in [6, 6.07) is 7.57. The van der Waals surface area contributed by atoms with E-state index in [4.69, 9.17) is 11.6 Å². The maximum atomic E-state index is 12.7. The average molecular weight is 317 g/mol. The molecule has 0 spiro atoms. The first-order valence-electron chi connectivity index (χ1n) is 6.78. The van der Waals surface area contributed by atoms with Crippen molar-refractivity contribution in [2.24, 2.45) is 0 Å². The van der Waals surface area contributed by atoms with Gasteiger partial charge in [-0.05, 0) is 44.5 Å². The zero-order valence-corrected chi connectivity index (χ0v) is 13.6. The van der Waals surface area contributed by atoms with Gasteiger partial charge in [-0.2, -0.15) is 0 Å². The maximum absolute atomic E-state index is 12.7. The Balaban J connectivity index is 0.00000200. The Kier molecular flexibility index (Phi) is 6.31. The molecule has 0 radical (unpaired) electrons. The fourth-order valence-electron chi connectivity index (χ4n) is 2.43. The molecular weight excluding hydrogens is 295 g/mol. The minimum absolute atomic E-state index is 0. The predicted molar refractivity (Wildman–Crippen MR) is 85.8 cm³/mol. The lowest BCUT2D eigenvalue weighted by atomic mass is 9.83. The average Bonchev–Trinajstić information content (AvgIpc) is 2.67. The number of nitrogens with zero attached hydrogens (tertiary/aromatic N) is 1. The molecule has 2 rings (SSSR count). The van der Waals surface area contributed by atoms with Gasteiger partial charge in [0.15, 0.2) is 0 Å². The molecule has 0 saturated carbocycles. The molecule has 1 aliphatic heterocycles. The number of carbonyl (C=O) groups excluding carboxylic acids is 1. The van der Waals surface area contributed by atoms with Gasteiger partial charge in [-0.15, -0.1) is 12.4 Å². The number of hydrogen-bond acceptors (Lipinski definition) is 2. The van der Waals surface area contributed by atoms with Crippen molar-refractivity contribution in [1.29, 1.82) is 0 Å². The largest absolute Gasteiger partial charge is 0.341 e. The number of nitrogens with one attached hydrogen (secondary N) is 1. The molecule has 20 heavy (non-hydrogen) atoms. The van der Waals surface area contributed by atoms with E-state index < -0.39 is 5.41 Å². The minimum Gasteiger partial charge on any atom is -0.341 e. The summed E-state index contributed by atoms with van der Waals surface area (Å²) >= 11 is 5.91. The monoisotopic (exact) mass is 316 g/mol. The molecular formula is C15H22Cl2N2O. The highest BCUT2D eigenvalue weighted by Gasteiger charge is 2.33. The van der Waals surface area contributed by atoms with Gasteiger partial charge < -0.3 is 10.2 Å². The second kappa shape index (κ2) is 7.30. The first-order valence-corrected chi connectivity index (χ1v) is 7.16. The summed E-state index contributed by atoms with van der Waals surface area (Å²) < 4.78 is 0. The molecule has 0 atom stereocenters. The summed E-state index contributed by atoms with van der Waals surface area (Å²) in [7, 11) is 0. The number of benzene rings is 1. The van der Waals surface area contributed by atoms with Crippen LogP contribution < -0.4 is 5.32 Å². The van der Waals surface area contributed by atoms with Gasteiger partial charge in [-0.3, -0.25) is 4.79 Å². The minimum atomic E-state index is -0.505. The van der Waals surface area contributed by atoms with Crippen LogP contribution in [0.2, 0.25) is 5.02 Å². The standard InChI is InChI=1S/C15H21ClN2O.ClH/c1-15(2,12-4-6-13(16)7-5-12)14(19)18-10-3-8-17-9-11-18;/h4-7,17H,3,8-11H2,1-2H3;1H. The van der Waals surface area contributed by atoms with Crippen molar-refractivity contribution in [3.8, 4) is 0 Å². The second-order valence-corrected chi connectivity index (χ2v) is 5.96. The van der Waals surface area contributed by atoms with Gasteiger partial charge >= 0.3 is 0 Å². The molecule has 1 aromatic carbocycles. The lowest BCUT2D eigenvalue weighted by molar-refractivity contribution is -0.136. The van der Waals surface area contributed by atoms with Crippen LogP contribution in [0.4, 0.5) is 0 Å². The molecule has 0 bridgehead atoms. The van der Waals surface area contributed by atoms with Crippen LogP contribution in [0.25, 0.3) is 0 Å². The molecule has 1 saturated heterocycles. The van der Waals surface area contributed by atoms with Gasteiger partial charge in [0.1, 0.15) is 0 Å². The van der Waals surface area contributed by atoms with E-state index in [1.54, 1.807) is 0 Å². The number of rotatable bonds is 2. The molecule has 1 heterocycles. The van der Waals surface area contributed by atoms with Crippen LogP contribution in [0.15, 0.2) is 24.3 Å². The van der Waals surface area contributed by atoms with Crippen LogP contribution in [0.5, 0.6) is 0 Å². The Labute approximate surface area is 132 Å². The van der Waals surface area contributed by atoms with E-state index in [2.05, 4.69) is 5.32 Å². The van der Waals surface area contributed by atoms with E-state index in [1.807, 2.05) is 43.0 Å². The van der Waals surface area contributed by atoms with E-state index in [9.17, 15) is 4.79 Å². The molecule has 1 aliphatic rings. The fraction of sp³-hybridized carbons (Fsp3) is 0.533. The molecule has 3 nitrogen and oxygen atoms in total.